The monoisotopic (exact) mass is 221 g/mol. The molecule has 3 heteroatoms. The van der Waals surface area contributed by atoms with Gasteiger partial charge in [-0.3, -0.25) is 0 Å². The van der Waals surface area contributed by atoms with E-state index in [1.165, 1.54) is 25.0 Å². The average molecular weight is 221 g/mol. The second-order valence-electron chi connectivity index (χ2n) is 5.18. The fourth-order valence-electron chi connectivity index (χ4n) is 2.64. The van der Waals surface area contributed by atoms with Crippen LogP contribution in [0.1, 0.15) is 57.6 Å². The Morgan fingerprint density at radius 3 is 2.62 bits per heavy atom. The zero-order valence-corrected chi connectivity index (χ0v) is 10.4. The molecule has 0 aliphatic heterocycles. The van der Waals surface area contributed by atoms with E-state index >= 15 is 0 Å². The van der Waals surface area contributed by atoms with Crippen LogP contribution in [0.25, 0.3) is 0 Å². The van der Waals surface area contributed by atoms with Crippen LogP contribution in [-0.4, -0.2) is 15.1 Å². The maximum atomic E-state index is 6.30. The van der Waals surface area contributed by atoms with Gasteiger partial charge in [0.25, 0.3) is 0 Å². The fraction of sp³-hybridized carbons (Fsp3) is 0.769. The lowest BCUT2D eigenvalue weighted by atomic mass is 9.77. The van der Waals surface area contributed by atoms with Crippen LogP contribution in [0.15, 0.2) is 12.5 Å². The van der Waals surface area contributed by atoms with Gasteiger partial charge in [0, 0.05) is 29.9 Å². The van der Waals surface area contributed by atoms with Crippen molar-refractivity contribution in [2.45, 2.75) is 64.0 Å². The van der Waals surface area contributed by atoms with Gasteiger partial charge >= 0.3 is 0 Å². The van der Waals surface area contributed by atoms with Gasteiger partial charge in [-0.1, -0.05) is 13.8 Å². The van der Waals surface area contributed by atoms with Crippen molar-refractivity contribution in [2.24, 2.45) is 5.73 Å². The molecule has 0 saturated heterocycles. The third kappa shape index (κ3) is 2.14. The molecule has 2 N–H and O–H groups in total. The van der Waals surface area contributed by atoms with E-state index in [1.807, 2.05) is 12.5 Å². The van der Waals surface area contributed by atoms with E-state index < -0.39 is 0 Å². The first-order valence-corrected chi connectivity index (χ1v) is 6.47. The normalized spacial score (nSPS) is 18.8. The largest absolute Gasteiger partial charge is 0.332 e. The second kappa shape index (κ2) is 4.58. The molecule has 1 saturated carbocycles. The Morgan fingerprint density at radius 1 is 1.44 bits per heavy atom. The molecule has 3 nitrogen and oxygen atoms in total. The molecule has 0 radical (unpaired) electrons. The minimum atomic E-state index is 0.0431. The number of nitrogens with zero attached hydrogens (tertiary/aromatic N) is 2. The van der Waals surface area contributed by atoms with Gasteiger partial charge in [-0.25, -0.2) is 4.98 Å². The van der Waals surface area contributed by atoms with Gasteiger partial charge in [-0.15, -0.1) is 0 Å². The molecule has 1 aromatic rings. The van der Waals surface area contributed by atoms with Crippen molar-refractivity contribution < 1.29 is 0 Å². The van der Waals surface area contributed by atoms with E-state index in [2.05, 4.69) is 23.4 Å². The zero-order valence-electron chi connectivity index (χ0n) is 10.4. The lowest BCUT2D eigenvalue weighted by Crippen LogP contribution is -2.50. The average Bonchev–Trinajstić information content (AvgIpc) is 2.66. The van der Waals surface area contributed by atoms with Gasteiger partial charge in [0.15, 0.2) is 0 Å². The van der Waals surface area contributed by atoms with E-state index in [4.69, 9.17) is 5.73 Å². The molecule has 0 unspecified atom stereocenters. The lowest BCUT2D eigenvalue weighted by molar-refractivity contribution is 0.212. The van der Waals surface area contributed by atoms with E-state index in [1.54, 1.807) is 0 Å². The minimum absolute atomic E-state index is 0.0431. The van der Waals surface area contributed by atoms with Crippen molar-refractivity contribution in [3.8, 4) is 0 Å². The Bertz CT molecular complexity index is 335. The highest BCUT2D eigenvalue weighted by molar-refractivity contribution is 5.08. The number of rotatable bonds is 5. The molecule has 1 aliphatic rings. The van der Waals surface area contributed by atoms with Gasteiger partial charge in [0.2, 0.25) is 0 Å². The molecule has 0 amide bonds. The van der Waals surface area contributed by atoms with E-state index in [9.17, 15) is 0 Å². The quantitative estimate of drug-likeness (QED) is 0.830. The Balaban J connectivity index is 2.12. The molecule has 1 fully saturated rings. The first-order chi connectivity index (χ1) is 7.68. The summed E-state index contributed by atoms with van der Waals surface area (Å²) in [5.41, 5.74) is 7.70. The fourth-order valence-corrected chi connectivity index (χ4v) is 2.64. The Kier molecular flexibility index (Phi) is 3.33. The summed E-state index contributed by atoms with van der Waals surface area (Å²) in [5, 5.41) is 0. The molecule has 0 aromatic carbocycles. The molecule has 1 aromatic heterocycles. The van der Waals surface area contributed by atoms with Crippen molar-refractivity contribution in [1.82, 2.24) is 9.55 Å². The van der Waals surface area contributed by atoms with Gasteiger partial charge in [-0.2, -0.15) is 0 Å². The first-order valence-electron chi connectivity index (χ1n) is 6.47. The summed E-state index contributed by atoms with van der Waals surface area (Å²) in [6.07, 6.45) is 9.92. The molecular weight excluding hydrogens is 198 g/mol. The topological polar surface area (TPSA) is 43.8 Å². The molecule has 1 heterocycles. The summed E-state index contributed by atoms with van der Waals surface area (Å²) in [5.74, 6) is 0.631. The van der Waals surface area contributed by atoms with Crippen LogP contribution < -0.4 is 5.73 Å². The molecule has 16 heavy (non-hydrogen) atoms. The van der Waals surface area contributed by atoms with Crippen LogP contribution in [0.3, 0.4) is 0 Å². The lowest BCUT2D eigenvalue weighted by Gasteiger charge is -2.39. The number of imidazole rings is 1. The Labute approximate surface area is 98.1 Å². The van der Waals surface area contributed by atoms with Crippen LogP contribution in [0.5, 0.6) is 0 Å². The molecule has 90 valence electrons. The number of nitrogens with two attached hydrogens (primary N) is 1. The van der Waals surface area contributed by atoms with Crippen LogP contribution in [-0.2, 0) is 6.54 Å². The first kappa shape index (κ1) is 11.6. The Hall–Kier alpha value is -0.830. The molecule has 0 atom stereocenters. The molecule has 0 bridgehead atoms. The van der Waals surface area contributed by atoms with Crippen LogP contribution in [0.2, 0.25) is 0 Å². The molecule has 1 aliphatic carbocycles. The predicted molar refractivity (Wildman–Crippen MR) is 66.3 cm³/mol. The minimum Gasteiger partial charge on any atom is -0.332 e. The van der Waals surface area contributed by atoms with Crippen LogP contribution in [0, 0.1) is 0 Å². The number of aromatic nitrogens is 2. The molecule has 0 spiro atoms. The van der Waals surface area contributed by atoms with Crippen molar-refractivity contribution in [1.29, 1.82) is 0 Å². The second-order valence-corrected chi connectivity index (χ2v) is 5.18. The maximum Gasteiger partial charge on any atom is 0.0948 e. The van der Waals surface area contributed by atoms with E-state index in [0.29, 0.717) is 5.92 Å². The molecule has 2 rings (SSSR count). The highest BCUT2D eigenvalue weighted by Crippen LogP contribution is 2.32. The van der Waals surface area contributed by atoms with Crippen molar-refractivity contribution in [3.63, 3.8) is 0 Å². The standard InChI is InChI=1S/C13H23N3/c1-3-11(4-2)12-8-15-10-16(12)9-13(14)6-5-7-13/h8,10-11H,3-7,9,14H2,1-2H3. The third-order valence-corrected chi connectivity index (χ3v) is 3.98. The van der Waals surface area contributed by atoms with E-state index in [0.717, 1.165) is 19.4 Å². The van der Waals surface area contributed by atoms with Crippen LogP contribution in [0.4, 0.5) is 0 Å². The van der Waals surface area contributed by atoms with Crippen molar-refractivity contribution >= 4 is 0 Å². The summed E-state index contributed by atoms with van der Waals surface area (Å²) >= 11 is 0. The van der Waals surface area contributed by atoms with Gasteiger partial charge in [-0.05, 0) is 32.1 Å². The maximum absolute atomic E-state index is 6.30. The van der Waals surface area contributed by atoms with Crippen molar-refractivity contribution in [3.05, 3.63) is 18.2 Å². The summed E-state index contributed by atoms with van der Waals surface area (Å²) in [6, 6.07) is 0. The van der Waals surface area contributed by atoms with Crippen LogP contribution >= 0.6 is 0 Å². The van der Waals surface area contributed by atoms with Gasteiger partial charge in [0.1, 0.15) is 0 Å². The summed E-state index contributed by atoms with van der Waals surface area (Å²) < 4.78 is 2.27. The van der Waals surface area contributed by atoms with Gasteiger partial charge in [0.05, 0.1) is 6.33 Å². The third-order valence-electron chi connectivity index (χ3n) is 3.98. The van der Waals surface area contributed by atoms with E-state index in [-0.39, 0.29) is 5.54 Å². The smallest absolute Gasteiger partial charge is 0.0948 e. The highest BCUT2D eigenvalue weighted by Gasteiger charge is 2.33. The van der Waals surface area contributed by atoms with Gasteiger partial charge < -0.3 is 10.3 Å². The molecular formula is C13H23N3. The summed E-state index contributed by atoms with van der Waals surface area (Å²) in [6.45, 7) is 5.43. The van der Waals surface area contributed by atoms with Crippen molar-refractivity contribution in [2.75, 3.05) is 0 Å². The zero-order chi connectivity index (χ0) is 11.6. The number of hydrogen-bond acceptors (Lipinski definition) is 2. The summed E-state index contributed by atoms with van der Waals surface area (Å²) in [7, 11) is 0. The SMILES string of the molecule is CCC(CC)c1cncn1CC1(N)CCC1. The highest BCUT2D eigenvalue weighted by atomic mass is 15.1. The number of hydrogen-bond donors (Lipinski definition) is 1. The predicted octanol–water partition coefficient (Wildman–Crippen LogP) is 2.67. The summed E-state index contributed by atoms with van der Waals surface area (Å²) in [4.78, 5) is 4.29. The Morgan fingerprint density at radius 2 is 2.12 bits per heavy atom.